The Kier molecular flexibility index (Phi) is 6.37. The second-order valence-corrected chi connectivity index (χ2v) is 6.90. The Morgan fingerprint density at radius 1 is 1.21 bits per heavy atom. The van der Waals surface area contributed by atoms with Crippen molar-refractivity contribution in [1.29, 1.82) is 0 Å². The molecule has 9 nitrogen and oxygen atoms in total. The van der Waals surface area contributed by atoms with E-state index in [1.54, 1.807) is 4.90 Å². The van der Waals surface area contributed by atoms with E-state index >= 15 is 0 Å². The van der Waals surface area contributed by atoms with Crippen LogP contribution in [0.25, 0.3) is 11.4 Å². The summed E-state index contributed by atoms with van der Waals surface area (Å²) in [7, 11) is 0. The van der Waals surface area contributed by atoms with Crippen LogP contribution in [0.3, 0.4) is 0 Å². The highest BCUT2D eigenvalue weighted by atomic mass is 16.5. The number of nitrogens with two attached hydrogens (primary N) is 1. The minimum absolute atomic E-state index is 0.0187. The van der Waals surface area contributed by atoms with Gasteiger partial charge in [0.25, 0.3) is 0 Å². The SMILES string of the molecule is Cc1ccc(-c2noc(C(C)N3CCN(C(=O)CNC(=O)CN)CC3)n2)cc1. The molecule has 0 radical (unpaired) electrons. The van der Waals surface area contributed by atoms with Crippen molar-refractivity contribution in [2.45, 2.75) is 19.9 Å². The van der Waals surface area contributed by atoms with Crippen LogP contribution in [0.4, 0.5) is 0 Å². The van der Waals surface area contributed by atoms with E-state index in [2.05, 4.69) is 20.4 Å². The number of nitrogens with zero attached hydrogens (tertiary/aromatic N) is 4. The highest BCUT2D eigenvalue weighted by Gasteiger charge is 2.27. The molecule has 9 heteroatoms. The molecule has 1 aliphatic rings. The molecule has 1 fully saturated rings. The van der Waals surface area contributed by atoms with Crippen LogP contribution in [0.5, 0.6) is 0 Å². The highest BCUT2D eigenvalue weighted by Crippen LogP contribution is 2.23. The van der Waals surface area contributed by atoms with Gasteiger partial charge in [-0.25, -0.2) is 0 Å². The largest absolute Gasteiger partial charge is 0.346 e. The predicted molar refractivity (Wildman–Crippen MR) is 103 cm³/mol. The number of hydrogen-bond donors (Lipinski definition) is 2. The van der Waals surface area contributed by atoms with Gasteiger partial charge in [0.15, 0.2) is 0 Å². The minimum atomic E-state index is -0.332. The van der Waals surface area contributed by atoms with Gasteiger partial charge in [-0.2, -0.15) is 4.98 Å². The normalized spacial score (nSPS) is 16.0. The van der Waals surface area contributed by atoms with E-state index < -0.39 is 0 Å². The number of benzene rings is 1. The number of rotatable bonds is 6. The number of aromatic nitrogens is 2. The summed E-state index contributed by atoms with van der Waals surface area (Å²) in [5.41, 5.74) is 7.32. The third kappa shape index (κ3) is 4.73. The van der Waals surface area contributed by atoms with Gasteiger partial charge in [-0.3, -0.25) is 14.5 Å². The third-order valence-electron chi connectivity index (χ3n) is 4.95. The molecule has 1 aliphatic heterocycles. The molecule has 0 bridgehead atoms. The molecule has 1 unspecified atom stereocenters. The summed E-state index contributed by atoms with van der Waals surface area (Å²) >= 11 is 0. The third-order valence-corrected chi connectivity index (χ3v) is 4.95. The first-order chi connectivity index (χ1) is 13.5. The Morgan fingerprint density at radius 3 is 2.54 bits per heavy atom. The first kappa shape index (κ1) is 20.0. The lowest BCUT2D eigenvalue weighted by Crippen LogP contribution is -2.51. The van der Waals surface area contributed by atoms with E-state index in [0.29, 0.717) is 37.9 Å². The van der Waals surface area contributed by atoms with Gasteiger partial charge in [0.1, 0.15) is 0 Å². The minimum Gasteiger partial charge on any atom is -0.346 e. The zero-order chi connectivity index (χ0) is 20.1. The molecular weight excluding hydrogens is 360 g/mol. The maximum atomic E-state index is 12.2. The van der Waals surface area contributed by atoms with E-state index in [0.717, 1.165) is 5.56 Å². The number of carbonyl (C=O) groups is 2. The molecule has 2 heterocycles. The van der Waals surface area contributed by atoms with Crippen LogP contribution < -0.4 is 11.1 Å². The molecule has 2 aromatic rings. The fraction of sp³-hybridized carbons (Fsp3) is 0.474. The summed E-state index contributed by atoms with van der Waals surface area (Å²) in [6.07, 6.45) is 0. The maximum absolute atomic E-state index is 12.2. The van der Waals surface area contributed by atoms with E-state index in [4.69, 9.17) is 10.3 Å². The fourth-order valence-corrected chi connectivity index (χ4v) is 3.10. The Bertz CT molecular complexity index is 811. The molecule has 0 aliphatic carbocycles. The smallest absolute Gasteiger partial charge is 0.244 e. The molecule has 1 saturated heterocycles. The van der Waals surface area contributed by atoms with Gasteiger partial charge >= 0.3 is 0 Å². The van der Waals surface area contributed by atoms with Crippen molar-refractivity contribution in [2.24, 2.45) is 5.73 Å². The average molecular weight is 386 g/mol. The lowest BCUT2D eigenvalue weighted by atomic mass is 10.1. The first-order valence-electron chi connectivity index (χ1n) is 9.37. The van der Waals surface area contributed by atoms with Gasteiger partial charge in [-0.1, -0.05) is 35.0 Å². The Hall–Kier alpha value is -2.78. The van der Waals surface area contributed by atoms with E-state index in [-0.39, 0.29) is 30.9 Å². The van der Waals surface area contributed by atoms with Gasteiger partial charge in [-0.15, -0.1) is 0 Å². The van der Waals surface area contributed by atoms with Crippen LogP contribution in [-0.2, 0) is 9.59 Å². The van der Waals surface area contributed by atoms with Crippen LogP contribution in [0.15, 0.2) is 28.8 Å². The number of aryl methyl sites for hydroxylation is 1. The van der Waals surface area contributed by atoms with Crippen LogP contribution >= 0.6 is 0 Å². The summed E-state index contributed by atoms with van der Waals surface area (Å²) in [4.78, 5) is 31.8. The van der Waals surface area contributed by atoms with Gasteiger partial charge in [0.2, 0.25) is 23.5 Å². The Morgan fingerprint density at radius 2 is 1.89 bits per heavy atom. The molecule has 150 valence electrons. The number of amides is 2. The molecular formula is C19H26N6O3. The topological polar surface area (TPSA) is 118 Å². The molecule has 1 atom stereocenters. The fourth-order valence-electron chi connectivity index (χ4n) is 3.10. The maximum Gasteiger partial charge on any atom is 0.244 e. The van der Waals surface area contributed by atoms with E-state index in [1.807, 2.05) is 38.1 Å². The summed E-state index contributed by atoms with van der Waals surface area (Å²) < 4.78 is 5.47. The van der Waals surface area contributed by atoms with Crippen LogP contribution in [0.1, 0.15) is 24.4 Å². The lowest BCUT2D eigenvalue weighted by Gasteiger charge is -2.36. The molecule has 3 N–H and O–H groups in total. The predicted octanol–water partition coefficient (Wildman–Crippen LogP) is 0.325. The van der Waals surface area contributed by atoms with Crippen molar-refractivity contribution in [3.8, 4) is 11.4 Å². The monoisotopic (exact) mass is 386 g/mol. The molecule has 3 rings (SSSR count). The van der Waals surface area contributed by atoms with Gasteiger partial charge in [-0.05, 0) is 13.8 Å². The van der Waals surface area contributed by atoms with Crippen LogP contribution in [0, 0.1) is 6.92 Å². The molecule has 2 amide bonds. The summed E-state index contributed by atoms with van der Waals surface area (Å²) in [5.74, 6) is 0.701. The Balaban J connectivity index is 1.54. The second-order valence-electron chi connectivity index (χ2n) is 6.90. The standard InChI is InChI=1S/C19H26N6O3/c1-13-3-5-15(6-4-13)18-22-19(28-23-18)14(2)24-7-9-25(10-8-24)17(27)12-21-16(26)11-20/h3-6,14H,7-12,20H2,1-2H3,(H,21,26). The number of hydrogen-bond acceptors (Lipinski definition) is 7. The van der Waals surface area contributed by atoms with Crippen molar-refractivity contribution in [2.75, 3.05) is 39.3 Å². The highest BCUT2D eigenvalue weighted by molar-refractivity contribution is 5.85. The Labute approximate surface area is 163 Å². The van der Waals surface area contributed by atoms with Crippen LogP contribution in [0.2, 0.25) is 0 Å². The van der Waals surface area contributed by atoms with Crippen molar-refractivity contribution in [3.63, 3.8) is 0 Å². The van der Waals surface area contributed by atoms with Crippen molar-refractivity contribution >= 4 is 11.8 Å². The molecule has 0 spiro atoms. The van der Waals surface area contributed by atoms with Crippen molar-refractivity contribution < 1.29 is 14.1 Å². The number of nitrogens with one attached hydrogen (secondary N) is 1. The van der Waals surface area contributed by atoms with Crippen LogP contribution in [-0.4, -0.2) is 71.0 Å². The molecule has 1 aromatic heterocycles. The van der Waals surface area contributed by atoms with Crippen molar-refractivity contribution in [1.82, 2.24) is 25.3 Å². The average Bonchev–Trinajstić information content (AvgIpc) is 3.22. The molecule has 0 saturated carbocycles. The van der Waals surface area contributed by atoms with Gasteiger partial charge in [0, 0.05) is 31.7 Å². The zero-order valence-corrected chi connectivity index (χ0v) is 16.2. The second kappa shape index (κ2) is 8.94. The van der Waals surface area contributed by atoms with Crippen molar-refractivity contribution in [3.05, 3.63) is 35.7 Å². The number of carbonyl (C=O) groups excluding carboxylic acids is 2. The van der Waals surface area contributed by atoms with E-state index in [1.165, 1.54) is 5.56 Å². The molecule has 28 heavy (non-hydrogen) atoms. The number of piperazine rings is 1. The first-order valence-corrected chi connectivity index (χ1v) is 9.37. The van der Waals surface area contributed by atoms with Gasteiger partial charge in [0.05, 0.1) is 19.1 Å². The lowest BCUT2D eigenvalue weighted by molar-refractivity contribution is -0.134. The van der Waals surface area contributed by atoms with Gasteiger partial charge < -0.3 is 20.5 Å². The summed E-state index contributed by atoms with van der Waals surface area (Å²) in [6, 6.07) is 7.94. The summed E-state index contributed by atoms with van der Waals surface area (Å²) in [6.45, 7) is 6.47. The van der Waals surface area contributed by atoms with E-state index in [9.17, 15) is 9.59 Å². The molecule has 1 aromatic carbocycles. The zero-order valence-electron chi connectivity index (χ0n) is 16.2. The quantitative estimate of drug-likeness (QED) is 0.734. The summed E-state index contributed by atoms with van der Waals surface area (Å²) in [5, 5.41) is 6.61.